The van der Waals surface area contributed by atoms with E-state index in [1.165, 1.54) is 19.3 Å². The van der Waals surface area contributed by atoms with Gasteiger partial charge in [0.15, 0.2) is 0 Å². The predicted molar refractivity (Wildman–Crippen MR) is 71.4 cm³/mol. The lowest BCUT2D eigenvalue weighted by molar-refractivity contribution is 0.244. The topological polar surface area (TPSA) is 61.4 Å². The van der Waals surface area contributed by atoms with Gasteiger partial charge in [-0.1, -0.05) is 31.4 Å². The number of aliphatic hydroxyl groups is 1. The molecule has 1 saturated carbocycles. The molecule has 3 N–H and O–H groups in total. The van der Waals surface area contributed by atoms with E-state index >= 15 is 0 Å². The summed E-state index contributed by atoms with van der Waals surface area (Å²) in [5.41, 5.74) is 1.51. The molecule has 1 aromatic rings. The summed E-state index contributed by atoms with van der Waals surface area (Å²) < 4.78 is 0. The van der Waals surface area contributed by atoms with Gasteiger partial charge in [-0.15, -0.1) is 0 Å². The number of aliphatic hydroxyl groups excluding tert-OH is 1. The molecule has 0 aromatic heterocycles. The molecular weight excluding hydrogens is 228 g/mol. The van der Waals surface area contributed by atoms with Gasteiger partial charge in [0.25, 0.3) is 0 Å². The van der Waals surface area contributed by atoms with Crippen molar-refractivity contribution >= 4 is 11.7 Å². The van der Waals surface area contributed by atoms with Crippen LogP contribution < -0.4 is 10.6 Å². The molecule has 0 saturated heterocycles. The van der Waals surface area contributed by atoms with Gasteiger partial charge in [0.2, 0.25) is 0 Å². The van der Waals surface area contributed by atoms with Crippen molar-refractivity contribution in [1.29, 1.82) is 0 Å². The van der Waals surface area contributed by atoms with Crippen molar-refractivity contribution in [2.45, 2.75) is 44.8 Å². The van der Waals surface area contributed by atoms with Crippen LogP contribution in [0.15, 0.2) is 24.3 Å². The minimum atomic E-state index is -0.156. The SMILES string of the molecule is O=C(Nc1cccc(CO)c1)NC1CCCCC1. The van der Waals surface area contributed by atoms with E-state index in [2.05, 4.69) is 10.6 Å². The van der Waals surface area contributed by atoms with Crippen LogP contribution in [0.2, 0.25) is 0 Å². The molecule has 98 valence electrons. The maximum Gasteiger partial charge on any atom is 0.319 e. The number of rotatable bonds is 3. The second kappa shape index (κ2) is 6.40. The summed E-state index contributed by atoms with van der Waals surface area (Å²) in [4.78, 5) is 11.8. The highest BCUT2D eigenvalue weighted by molar-refractivity contribution is 5.89. The molecule has 1 aliphatic rings. The van der Waals surface area contributed by atoms with Crippen LogP contribution in [0.4, 0.5) is 10.5 Å². The van der Waals surface area contributed by atoms with Crippen LogP contribution in [-0.4, -0.2) is 17.2 Å². The van der Waals surface area contributed by atoms with E-state index < -0.39 is 0 Å². The van der Waals surface area contributed by atoms with E-state index in [-0.39, 0.29) is 12.6 Å². The molecule has 1 aliphatic carbocycles. The Morgan fingerprint density at radius 3 is 2.78 bits per heavy atom. The van der Waals surface area contributed by atoms with Gasteiger partial charge in [0, 0.05) is 11.7 Å². The summed E-state index contributed by atoms with van der Waals surface area (Å²) in [6, 6.07) is 7.39. The highest BCUT2D eigenvalue weighted by Crippen LogP contribution is 2.17. The van der Waals surface area contributed by atoms with E-state index in [0.29, 0.717) is 6.04 Å². The zero-order chi connectivity index (χ0) is 12.8. The molecule has 4 heteroatoms. The van der Waals surface area contributed by atoms with Crippen LogP contribution >= 0.6 is 0 Å². The van der Waals surface area contributed by atoms with Crippen LogP contribution in [0.5, 0.6) is 0 Å². The molecule has 0 unspecified atom stereocenters. The number of hydrogen-bond acceptors (Lipinski definition) is 2. The van der Waals surface area contributed by atoms with Crippen molar-refractivity contribution in [1.82, 2.24) is 5.32 Å². The van der Waals surface area contributed by atoms with Crippen LogP contribution in [0, 0.1) is 0 Å². The Kier molecular flexibility index (Phi) is 4.59. The molecule has 1 aromatic carbocycles. The van der Waals surface area contributed by atoms with E-state index in [0.717, 1.165) is 24.1 Å². The number of carbonyl (C=O) groups excluding carboxylic acids is 1. The van der Waals surface area contributed by atoms with Gasteiger partial charge in [-0.3, -0.25) is 0 Å². The quantitative estimate of drug-likeness (QED) is 0.770. The number of urea groups is 1. The molecule has 4 nitrogen and oxygen atoms in total. The van der Waals surface area contributed by atoms with Crippen molar-refractivity contribution in [3.8, 4) is 0 Å². The zero-order valence-corrected chi connectivity index (χ0v) is 10.5. The van der Waals surface area contributed by atoms with Crippen molar-refractivity contribution in [3.63, 3.8) is 0 Å². The second-order valence-electron chi connectivity index (χ2n) is 4.79. The Labute approximate surface area is 107 Å². The summed E-state index contributed by atoms with van der Waals surface area (Å²) >= 11 is 0. The Morgan fingerprint density at radius 2 is 2.06 bits per heavy atom. The molecule has 2 rings (SSSR count). The number of hydrogen-bond donors (Lipinski definition) is 3. The fourth-order valence-corrected chi connectivity index (χ4v) is 2.35. The minimum Gasteiger partial charge on any atom is -0.392 e. The third kappa shape index (κ3) is 3.74. The molecular formula is C14H20N2O2. The summed E-state index contributed by atoms with van der Waals surface area (Å²) in [6.07, 6.45) is 5.82. The van der Waals surface area contributed by atoms with Gasteiger partial charge in [0.1, 0.15) is 0 Å². The van der Waals surface area contributed by atoms with E-state index in [1.807, 2.05) is 18.2 Å². The maximum atomic E-state index is 11.8. The number of benzene rings is 1. The number of nitrogens with one attached hydrogen (secondary N) is 2. The van der Waals surface area contributed by atoms with Crippen molar-refractivity contribution in [2.75, 3.05) is 5.32 Å². The summed E-state index contributed by atoms with van der Waals surface area (Å²) in [5, 5.41) is 14.8. The fraction of sp³-hybridized carbons (Fsp3) is 0.500. The second-order valence-corrected chi connectivity index (χ2v) is 4.79. The monoisotopic (exact) mass is 248 g/mol. The third-order valence-electron chi connectivity index (χ3n) is 3.31. The van der Waals surface area contributed by atoms with Gasteiger partial charge in [0.05, 0.1) is 6.61 Å². The summed E-state index contributed by atoms with van der Waals surface area (Å²) in [6.45, 7) is -0.0141. The average molecular weight is 248 g/mol. The molecule has 18 heavy (non-hydrogen) atoms. The molecule has 2 amide bonds. The van der Waals surface area contributed by atoms with Gasteiger partial charge < -0.3 is 15.7 Å². The number of carbonyl (C=O) groups is 1. The summed E-state index contributed by atoms with van der Waals surface area (Å²) in [7, 11) is 0. The lowest BCUT2D eigenvalue weighted by Crippen LogP contribution is -2.39. The van der Waals surface area contributed by atoms with E-state index in [4.69, 9.17) is 5.11 Å². The first kappa shape index (κ1) is 12.9. The van der Waals surface area contributed by atoms with Gasteiger partial charge in [-0.05, 0) is 30.5 Å². The zero-order valence-electron chi connectivity index (χ0n) is 10.5. The smallest absolute Gasteiger partial charge is 0.319 e. The first-order valence-electron chi connectivity index (χ1n) is 6.55. The van der Waals surface area contributed by atoms with Crippen molar-refractivity contribution in [2.24, 2.45) is 0 Å². The molecule has 0 spiro atoms. The first-order valence-corrected chi connectivity index (χ1v) is 6.55. The third-order valence-corrected chi connectivity index (χ3v) is 3.31. The van der Waals surface area contributed by atoms with Crippen LogP contribution in [0.3, 0.4) is 0 Å². The van der Waals surface area contributed by atoms with Gasteiger partial charge >= 0.3 is 6.03 Å². The van der Waals surface area contributed by atoms with Crippen LogP contribution in [0.1, 0.15) is 37.7 Å². The number of amides is 2. The average Bonchev–Trinajstić information content (AvgIpc) is 2.40. The van der Waals surface area contributed by atoms with E-state index in [9.17, 15) is 4.79 Å². The van der Waals surface area contributed by atoms with Crippen molar-refractivity contribution < 1.29 is 9.90 Å². The fourth-order valence-electron chi connectivity index (χ4n) is 2.35. The Hall–Kier alpha value is -1.55. The van der Waals surface area contributed by atoms with Crippen LogP contribution in [-0.2, 0) is 6.61 Å². The molecule has 0 heterocycles. The highest BCUT2D eigenvalue weighted by Gasteiger charge is 2.15. The van der Waals surface area contributed by atoms with Gasteiger partial charge in [-0.25, -0.2) is 4.79 Å². The predicted octanol–water partition coefficient (Wildman–Crippen LogP) is 2.63. The molecule has 0 radical (unpaired) electrons. The van der Waals surface area contributed by atoms with E-state index in [1.54, 1.807) is 6.07 Å². The minimum absolute atomic E-state index is 0.0141. The van der Waals surface area contributed by atoms with Crippen molar-refractivity contribution in [3.05, 3.63) is 29.8 Å². The number of anilines is 1. The lowest BCUT2D eigenvalue weighted by Gasteiger charge is -2.22. The Bertz CT molecular complexity index is 401. The standard InChI is InChI=1S/C14H20N2O2/c17-10-11-5-4-8-13(9-11)16-14(18)15-12-6-2-1-3-7-12/h4-5,8-9,12,17H,1-3,6-7,10H2,(H2,15,16,18). The maximum absolute atomic E-state index is 11.8. The first-order chi connectivity index (χ1) is 8.78. The Balaban J connectivity index is 1.85. The lowest BCUT2D eigenvalue weighted by atomic mass is 9.96. The Morgan fingerprint density at radius 1 is 1.28 bits per heavy atom. The molecule has 0 bridgehead atoms. The largest absolute Gasteiger partial charge is 0.392 e. The molecule has 0 aliphatic heterocycles. The molecule has 0 atom stereocenters. The highest BCUT2D eigenvalue weighted by atomic mass is 16.3. The normalized spacial score (nSPS) is 16.3. The van der Waals surface area contributed by atoms with Gasteiger partial charge in [-0.2, -0.15) is 0 Å². The van der Waals surface area contributed by atoms with Crippen LogP contribution in [0.25, 0.3) is 0 Å². The summed E-state index contributed by atoms with van der Waals surface area (Å²) in [5.74, 6) is 0. The molecule has 1 fully saturated rings.